The SMILES string of the molecule is CN(C)c1nc2c(c(=O)[nH]1)CCN(C(=O)CSc1ccccc1)CC2. The third-order valence-corrected chi connectivity index (χ3v) is 5.22. The number of thioether (sulfide) groups is 1. The Morgan fingerprint density at radius 2 is 1.96 bits per heavy atom. The number of carbonyl (C=O) groups excluding carboxylic acids is 1. The second-order valence-corrected chi connectivity index (χ2v) is 7.24. The lowest BCUT2D eigenvalue weighted by Gasteiger charge is -2.19. The van der Waals surface area contributed by atoms with Crippen LogP contribution in [0.15, 0.2) is 40.0 Å². The van der Waals surface area contributed by atoms with Crippen molar-refractivity contribution in [2.45, 2.75) is 17.7 Å². The fraction of sp³-hybridized carbons (Fsp3) is 0.389. The smallest absolute Gasteiger partial charge is 0.255 e. The minimum absolute atomic E-state index is 0.0957. The number of nitrogens with one attached hydrogen (secondary N) is 1. The van der Waals surface area contributed by atoms with E-state index in [1.54, 1.807) is 16.7 Å². The van der Waals surface area contributed by atoms with Crippen LogP contribution in [0.4, 0.5) is 5.95 Å². The highest BCUT2D eigenvalue weighted by atomic mass is 32.2. The van der Waals surface area contributed by atoms with Crippen LogP contribution in [0.1, 0.15) is 11.3 Å². The van der Waals surface area contributed by atoms with Gasteiger partial charge in [0.2, 0.25) is 11.9 Å². The zero-order chi connectivity index (χ0) is 17.8. The van der Waals surface area contributed by atoms with Crippen LogP contribution < -0.4 is 10.5 Å². The number of nitrogens with zero attached hydrogens (tertiary/aromatic N) is 3. The lowest BCUT2D eigenvalue weighted by atomic mass is 10.1. The normalized spacial score (nSPS) is 13.9. The maximum atomic E-state index is 12.5. The van der Waals surface area contributed by atoms with E-state index in [-0.39, 0.29) is 11.5 Å². The summed E-state index contributed by atoms with van der Waals surface area (Å²) in [4.78, 5) is 36.9. The topological polar surface area (TPSA) is 69.3 Å². The summed E-state index contributed by atoms with van der Waals surface area (Å²) in [6.07, 6.45) is 1.16. The van der Waals surface area contributed by atoms with Crippen molar-refractivity contribution in [3.05, 3.63) is 51.9 Å². The summed E-state index contributed by atoms with van der Waals surface area (Å²) < 4.78 is 0. The van der Waals surface area contributed by atoms with Gasteiger partial charge in [0.05, 0.1) is 11.4 Å². The first kappa shape index (κ1) is 17.5. The summed E-state index contributed by atoms with van der Waals surface area (Å²) in [6.45, 7) is 1.16. The molecule has 0 bridgehead atoms. The first-order valence-corrected chi connectivity index (χ1v) is 9.28. The van der Waals surface area contributed by atoms with Crippen molar-refractivity contribution < 1.29 is 4.79 Å². The predicted molar refractivity (Wildman–Crippen MR) is 100 cm³/mol. The van der Waals surface area contributed by atoms with Crippen molar-refractivity contribution in [1.29, 1.82) is 0 Å². The van der Waals surface area contributed by atoms with Crippen molar-refractivity contribution in [3.63, 3.8) is 0 Å². The Balaban J connectivity index is 1.66. The number of rotatable bonds is 4. The van der Waals surface area contributed by atoms with Gasteiger partial charge in [0, 0.05) is 44.1 Å². The molecule has 1 aromatic carbocycles. The molecule has 2 heterocycles. The Hall–Kier alpha value is -2.28. The second-order valence-electron chi connectivity index (χ2n) is 6.19. The summed E-state index contributed by atoms with van der Waals surface area (Å²) in [7, 11) is 3.69. The fourth-order valence-corrected chi connectivity index (χ4v) is 3.63. The van der Waals surface area contributed by atoms with Gasteiger partial charge >= 0.3 is 0 Å². The molecule has 0 atom stereocenters. The van der Waals surface area contributed by atoms with E-state index in [1.165, 1.54) is 0 Å². The molecular weight excluding hydrogens is 336 g/mol. The molecule has 1 N–H and O–H groups in total. The number of H-pyrrole nitrogens is 1. The first-order chi connectivity index (χ1) is 12.0. The molecule has 1 amide bonds. The van der Waals surface area contributed by atoms with E-state index in [1.807, 2.05) is 49.3 Å². The van der Waals surface area contributed by atoms with Gasteiger partial charge < -0.3 is 9.80 Å². The maximum Gasteiger partial charge on any atom is 0.255 e. The molecule has 0 fully saturated rings. The molecular formula is C18H22N4O2S. The molecule has 25 heavy (non-hydrogen) atoms. The van der Waals surface area contributed by atoms with Crippen molar-refractivity contribution in [3.8, 4) is 0 Å². The molecule has 3 rings (SSSR count). The van der Waals surface area contributed by atoms with Gasteiger partial charge in [-0.25, -0.2) is 4.98 Å². The van der Waals surface area contributed by atoms with Crippen LogP contribution in [0.3, 0.4) is 0 Å². The summed E-state index contributed by atoms with van der Waals surface area (Å²) in [5.41, 5.74) is 1.41. The molecule has 0 saturated heterocycles. The number of amides is 1. The van der Waals surface area contributed by atoms with E-state index < -0.39 is 0 Å². The summed E-state index contributed by atoms with van der Waals surface area (Å²) >= 11 is 1.54. The first-order valence-electron chi connectivity index (χ1n) is 8.29. The highest BCUT2D eigenvalue weighted by Gasteiger charge is 2.22. The Morgan fingerprint density at radius 1 is 1.24 bits per heavy atom. The minimum atomic E-state index is -0.0957. The maximum absolute atomic E-state index is 12.5. The number of fused-ring (bicyclic) bond motifs is 1. The van der Waals surface area contributed by atoms with Crippen molar-refractivity contribution in [2.24, 2.45) is 0 Å². The average Bonchev–Trinajstić information content (AvgIpc) is 2.83. The lowest BCUT2D eigenvalue weighted by Crippen LogP contribution is -2.34. The number of anilines is 1. The third-order valence-electron chi connectivity index (χ3n) is 4.22. The molecule has 1 aromatic heterocycles. The molecule has 0 unspecified atom stereocenters. The number of aromatic amines is 1. The monoisotopic (exact) mass is 358 g/mol. The average molecular weight is 358 g/mol. The molecule has 0 saturated carbocycles. The fourth-order valence-electron chi connectivity index (χ4n) is 2.81. The third kappa shape index (κ3) is 4.22. The zero-order valence-electron chi connectivity index (χ0n) is 14.5. The van der Waals surface area contributed by atoms with E-state index in [0.29, 0.717) is 43.2 Å². The quantitative estimate of drug-likeness (QED) is 0.840. The number of benzene rings is 1. The van der Waals surface area contributed by atoms with E-state index in [0.717, 1.165) is 10.6 Å². The van der Waals surface area contributed by atoms with Crippen molar-refractivity contribution >= 4 is 23.6 Å². The van der Waals surface area contributed by atoms with E-state index in [4.69, 9.17) is 0 Å². The van der Waals surface area contributed by atoms with Crippen LogP contribution in [0.2, 0.25) is 0 Å². The van der Waals surface area contributed by atoms with Gasteiger partial charge in [-0.15, -0.1) is 11.8 Å². The lowest BCUT2D eigenvalue weighted by molar-refractivity contribution is -0.128. The largest absolute Gasteiger partial charge is 0.348 e. The van der Waals surface area contributed by atoms with Gasteiger partial charge in [-0.1, -0.05) is 18.2 Å². The molecule has 2 aromatic rings. The number of carbonyl (C=O) groups is 1. The molecule has 132 valence electrons. The van der Waals surface area contributed by atoms with Crippen LogP contribution in [-0.2, 0) is 17.6 Å². The molecule has 1 aliphatic heterocycles. The number of aromatic nitrogens is 2. The molecule has 7 heteroatoms. The van der Waals surface area contributed by atoms with E-state index in [9.17, 15) is 9.59 Å². The van der Waals surface area contributed by atoms with Gasteiger partial charge in [0.1, 0.15) is 0 Å². The highest BCUT2D eigenvalue weighted by molar-refractivity contribution is 8.00. The van der Waals surface area contributed by atoms with Gasteiger partial charge in [-0.3, -0.25) is 14.6 Å². The van der Waals surface area contributed by atoms with Crippen LogP contribution in [-0.4, -0.2) is 53.7 Å². The summed E-state index contributed by atoms with van der Waals surface area (Å²) in [6, 6.07) is 9.90. The van der Waals surface area contributed by atoms with Crippen LogP contribution in [0.25, 0.3) is 0 Å². The summed E-state index contributed by atoms with van der Waals surface area (Å²) in [5.74, 6) is 1.07. The van der Waals surface area contributed by atoms with Gasteiger partial charge in [-0.2, -0.15) is 0 Å². The number of hydrogen-bond donors (Lipinski definition) is 1. The Morgan fingerprint density at radius 3 is 2.68 bits per heavy atom. The van der Waals surface area contributed by atoms with Crippen LogP contribution in [0, 0.1) is 0 Å². The summed E-state index contributed by atoms with van der Waals surface area (Å²) in [5, 5.41) is 0. The Labute approximate surface area is 151 Å². The molecule has 1 aliphatic rings. The number of hydrogen-bond acceptors (Lipinski definition) is 5. The predicted octanol–water partition coefficient (Wildman–Crippen LogP) is 1.56. The molecule has 0 spiro atoms. The zero-order valence-corrected chi connectivity index (χ0v) is 15.3. The van der Waals surface area contributed by atoms with Gasteiger partial charge in [-0.05, 0) is 18.6 Å². The Bertz CT molecular complexity index is 804. The van der Waals surface area contributed by atoms with E-state index >= 15 is 0 Å². The van der Waals surface area contributed by atoms with Crippen molar-refractivity contribution in [2.75, 3.05) is 37.8 Å². The molecule has 0 radical (unpaired) electrons. The molecule has 6 nitrogen and oxygen atoms in total. The second kappa shape index (κ2) is 7.74. The minimum Gasteiger partial charge on any atom is -0.348 e. The van der Waals surface area contributed by atoms with E-state index in [2.05, 4.69) is 9.97 Å². The van der Waals surface area contributed by atoms with Gasteiger partial charge in [0.25, 0.3) is 5.56 Å². The molecule has 0 aliphatic carbocycles. The Kier molecular flexibility index (Phi) is 5.43. The van der Waals surface area contributed by atoms with Crippen LogP contribution >= 0.6 is 11.8 Å². The van der Waals surface area contributed by atoms with Crippen LogP contribution in [0.5, 0.6) is 0 Å². The van der Waals surface area contributed by atoms with Crippen molar-refractivity contribution in [1.82, 2.24) is 14.9 Å². The standard InChI is InChI=1S/C18H22N4O2S/c1-21(2)18-19-15-9-11-22(10-8-14(15)17(24)20-18)16(23)12-25-13-6-4-3-5-7-13/h3-7H,8-12H2,1-2H3,(H,19,20,24). The van der Waals surface area contributed by atoms with Gasteiger partial charge in [0.15, 0.2) is 0 Å². The highest BCUT2D eigenvalue weighted by Crippen LogP contribution is 2.19.